The molecule has 3 nitrogen and oxygen atoms in total. The first kappa shape index (κ1) is 15.3. The Morgan fingerprint density at radius 3 is 2.39 bits per heavy atom. The van der Waals surface area contributed by atoms with Gasteiger partial charge in [-0.2, -0.15) is 0 Å². The summed E-state index contributed by atoms with van der Waals surface area (Å²) in [6, 6.07) is 10.3. The number of halogens is 1. The lowest BCUT2D eigenvalue weighted by molar-refractivity contribution is 0.118. The van der Waals surface area contributed by atoms with Crippen LogP contribution in [0.5, 0.6) is 5.75 Å². The third kappa shape index (κ3) is 4.48. The molecule has 0 amide bonds. The van der Waals surface area contributed by atoms with Crippen LogP contribution in [0, 0.1) is 0 Å². The molecule has 0 bridgehead atoms. The van der Waals surface area contributed by atoms with Gasteiger partial charge in [0.2, 0.25) is 0 Å². The molecule has 2 rings (SSSR count). The van der Waals surface area contributed by atoms with E-state index in [4.69, 9.17) is 10.5 Å². The van der Waals surface area contributed by atoms with Gasteiger partial charge in [0.15, 0.2) is 0 Å². The highest BCUT2D eigenvalue weighted by molar-refractivity contribution is 5.85. The van der Waals surface area contributed by atoms with E-state index in [2.05, 4.69) is 4.90 Å². The second-order valence-corrected chi connectivity index (χ2v) is 4.61. The zero-order chi connectivity index (χ0) is 11.9. The van der Waals surface area contributed by atoms with Crippen LogP contribution in [0.4, 0.5) is 0 Å². The number of benzene rings is 1. The SMILES string of the molecule is Cl.NCC(COc1ccccc1)N1CCCCC1. The summed E-state index contributed by atoms with van der Waals surface area (Å²) in [5, 5.41) is 0. The minimum atomic E-state index is 0. The van der Waals surface area contributed by atoms with E-state index in [0.717, 1.165) is 5.75 Å². The quantitative estimate of drug-likeness (QED) is 0.892. The second kappa shape index (κ2) is 8.35. The van der Waals surface area contributed by atoms with Crippen LogP contribution in [0.1, 0.15) is 19.3 Å². The first-order valence-electron chi connectivity index (χ1n) is 6.52. The highest BCUT2D eigenvalue weighted by atomic mass is 35.5. The van der Waals surface area contributed by atoms with Crippen molar-refractivity contribution in [2.45, 2.75) is 25.3 Å². The highest BCUT2D eigenvalue weighted by Gasteiger charge is 2.19. The Hall–Kier alpha value is -0.770. The third-order valence-corrected chi connectivity index (χ3v) is 3.36. The third-order valence-electron chi connectivity index (χ3n) is 3.36. The Morgan fingerprint density at radius 1 is 1.11 bits per heavy atom. The van der Waals surface area contributed by atoms with Crippen LogP contribution in [-0.2, 0) is 0 Å². The van der Waals surface area contributed by atoms with E-state index in [-0.39, 0.29) is 12.4 Å². The smallest absolute Gasteiger partial charge is 0.119 e. The van der Waals surface area contributed by atoms with Crippen molar-refractivity contribution in [3.8, 4) is 5.75 Å². The molecule has 0 saturated carbocycles. The van der Waals surface area contributed by atoms with Crippen molar-refractivity contribution < 1.29 is 4.74 Å². The maximum atomic E-state index is 5.85. The molecule has 0 spiro atoms. The van der Waals surface area contributed by atoms with E-state index in [9.17, 15) is 0 Å². The number of ether oxygens (including phenoxy) is 1. The molecule has 102 valence electrons. The molecule has 1 atom stereocenters. The molecule has 0 aliphatic carbocycles. The molecule has 18 heavy (non-hydrogen) atoms. The summed E-state index contributed by atoms with van der Waals surface area (Å²) in [6.07, 6.45) is 3.94. The zero-order valence-electron chi connectivity index (χ0n) is 10.8. The van der Waals surface area contributed by atoms with E-state index >= 15 is 0 Å². The number of rotatable bonds is 5. The van der Waals surface area contributed by atoms with Gasteiger partial charge in [0.05, 0.1) is 6.04 Å². The number of nitrogens with two attached hydrogens (primary N) is 1. The summed E-state index contributed by atoms with van der Waals surface area (Å²) in [5.41, 5.74) is 5.85. The minimum absolute atomic E-state index is 0. The molecule has 1 aromatic rings. The van der Waals surface area contributed by atoms with Crippen LogP contribution >= 0.6 is 12.4 Å². The fourth-order valence-electron chi connectivity index (χ4n) is 2.32. The summed E-state index contributed by atoms with van der Waals surface area (Å²) in [4.78, 5) is 2.46. The zero-order valence-corrected chi connectivity index (χ0v) is 11.6. The predicted molar refractivity (Wildman–Crippen MR) is 77.5 cm³/mol. The summed E-state index contributed by atoms with van der Waals surface area (Å²) in [5.74, 6) is 0.933. The lowest BCUT2D eigenvalue weighted by atomic mass is 10.1. The molecule has 2 N–H and O–H groups in total. The monoisotopic (exact) mass is 270 g/mol. The van der Waals surface area contributed by atoms with E-state index in [1.807, 2.05) is 30.3 Å². The summed E-state index contributed by atoms with van der Waals surface area (Å²) in [6.45, 7) is 3.70. The molecule has 1 heterocycles. The van der Waals surface area contributed by atoms with Crippen molar-refractivity contribution in [3.63, 3.8) is 0 Å². The van der Waals surface area contributed by atoms with Crippen molar-refractivity contribution in [2.75, 3.05) is 26.2 Å². The molecule has 1 aliphatic rings. The fraction of sp³-hybridized carbons (Fsp3) is 0.571. The average Bonchev–Trinajstić information content (AvgIpc) is 2.42. The molecule has 1 unspecified atom stereocenters. The molecule has 0 aromatic heterocycles. The van der Waals surface area contributed by atoms with Gasteiger partial charge in [-0.05, 0) is 38.1 Å². The van der Waals surface area contributed by atoms with Crippen molar-refractivity contribution in [3.05, 3.63) is 30.3 Å². The Morgan fingerprint density at radius 2 is 1.78 bits per heavy atom. The number of hydrogen-bond donors (Lipinski definition) is 1. The van der Waals surface area contributed by atoms with Gasteiger partial charge < -0.3 is 10.5 Å². The van der Waals surface area contributed by atoms with Crippen LogP contribution in [0.3, 0.4) is 0 Å². The normalized spacial score (nSPS) is 17.8. The van der Waals surface area contributed by atoms with E-state index in [1.54, 1.807) is 0 Å². The number of likely N-dealkylation sites (tertiary alicyclic amines) is 1. The van der Waals surface area contributed by atoms with Gasteiger partial charge in [-0.1, -0.05) is 24.6 Å². The Labute approximate surface area is 116 Å². The molecule has 1 fully saturated rings. The standard InChI is InChI=1S/C14H22N2O.ClH/c15-11-13(16-9-5-2-6-10-16)12-17-14-7-3-1-4-8-14;/h1,3-4,7-8,13H,2,5-6,9-12,15H2;1H. The van der Waals surface area contributed by atoms with E-state index in [1.165, 1.54) is 32.4 Å². The molecule has 4 heteroatoms. The molecule has 1 saturated heterocycles. The molecule has 1 aliphatic heterocycles. The van der Waals surface area contributed by atoms with E-state index in [0.29, 0.717) is 19.2 Å². The van der Waals surface area contributed by atoms with Gasteiger partial charge >= 0.3 is 0 Å². The van der Waals surface area contributed by atoms with Gasteiger partial charge in [-0.15, -0.1) is 12.4 Å². The van der Waals surface area contributed by atoms with Crippen molar-refractivity contribution in [1.82, 2.24) is 4.90 Å². The molecular weight excluding hydrogens is 248 g/mol. The maximum absolute atomic E-state index is 5.85. The Balaban J connectivity index is 0.00000162. The summed E-state index contributed by atoms with van der Waals surface area (Å²) >= 11 is 0. The predicted octanol–water partition coefficient (Wildman–Crippen LogP) is 2.30. The number of piperidine rings is 1. The van der Waals surface area contributed by atoms with Gasteiger partial charge in [-0.3, -0.25) is 4.90 Å². The van der Waals surface area contributed by atoms with Crippen LogP contribution in [0.2, 0.25) is 0 Å². The van der Waals surface area contributed by atoms with Crippen LogP contribution in [0.25, 0.3) is 0 Å². The summed E-state index contributed by atoms with van der Waals surface area (Å²) < 4.78 is 5.79. The molecule has 0 radical (unpaired) electrons. The van der Waals surface area contributed by atoms with Crippen LogP contribution in [-0.4, -0.2) is 37.2 Å². The van der Waals surface area contributed by atoms with Crippen molar-refractivity contribution in [1.29, 1.82) is 0 Å². The fourth-order valence-corrected chi connectivity index (χ4v) is 2.32. The van der Waals surface area contributed by atoms with Gasteiger partial charge in [0.1, 0.15) is 12.4 Å². The number of nitrogens with zero attached hydrogens (tertiary/aromatic N) is 1. The Bertz CT molecular complexity index is 315. The first-order valence-corrected chi connectivity index (χ1v) is 6.52. The number of para-hydroxylation sites is 1. The van der Waals surface area contributed by atoms with E-state index < -0.39 is 0 Å². The maximum Gasteiger partial charge on any atom is 0.119 e. The summed E-state index contributed by atoms with van der Waals surface area (Å²) in [7, 11) is 0. The van der Waals surface area contributed by atoms with Crippen LogP contribution in [0.15, 0.2) is 30.3 Å². The average molecular weight is 271 g/mol. The molecular formula is C14H23ClN2O. The largest absolute Gasteiger partial charge is 0.492 e. The number of hydrogen-bond acceptors (Lipinski definition) is 3. The minimum Gasteiger partial charge on any atom is -0.492 e. The Kier molecular flexibility index (Phi) is 7.09. The van der Waals surface area contributed by atoms with Crippen molar-refractivity contribution in [2.24, 2.45) is 5.73 Å². The van der Waals surface area contributed by atoms with Crippen molar-refractivity contribution >= 4 is 12.4 Å². The highest BCUT2D eigenvalue weighted by Crippen LogP contribution is 2.14. The first-order chi connectivity index (χ1) is 8.40. The molecule has 1 aromatic carbocycles. The van der Waals surface area contributed by atoms with Gasteiger partial charge in [0, 0.05) is 6.54 Å². The lowest BCUT2D eigenvalue weighted by Gasteiger charge is -2.33. The van der Waals surface area contributed by atoms with Gasteiger partial charge in [0.25, 0.3) is 0 Å². The topological polar surface area (TPSA) is 38.5 Å². The van der Waals surface area contributed by atoms with Gasteiger partial charge in [-0.25, -0.2) is 0 Å². The lowest BCUT2D eigenvalue weighted by Crippen LogP contribution is -2.46. The second-order valence-electron chi connectivity index (χ2n) is 4.61. The van der Waals surface area contributed by atoms with Crippen LogP contribution < -0.4 is 10.5 Å².